The summed E-state index contributed by atoms with van der Waals surface area (Å²) in [6.45, 7) is 5.29. The minimum absolute atomic E-state index is 0.400. The van der Waals surface area contributed by atoms with E-state index in [-0.39, 0.29) is 0 Å². The molecule has 1 aromatic heterocycles. The molecule has 0 saturated heterocycles. The maximum absolute atomic E-state index is 8.87. The lowest BCUT2D eigenvalue weighted by Crippen LogP contribution is -2.08. The second-order valence-corrected chi connectivity index (χ2v) is 5.33. The molecule has 0 aliphatic carbocycles. The summed E-state index contributed by atoms with van der Waals surface area (Å²) in [6.07, 6.45) is 0. The van der Waals surface area contributed by atoms with Gasteiger partial charge in [0, 0.05) is 12.3 Å². The van der Waals surface area contributed by atoms with Gasteiger partial charge in [-0.3, -0.25) is 0 Å². The molecule has 0 unspecified atom stereocenters. The van der Waals surface area contributed by atoms with Gasteiger partial charge in [0.05, 0.1) is 18.2 Å². The quantitative estimate of drug-likeness (QED) is 0.853. The highest BCUT2D eigenvalue weighted by molar-refractivity contribution is 7.98. The molecule has 5 nitrogen and oxygen atoms in total. The normalized spacial score (nSPS) is 10.5. The summed E-state index contributed by atoms with van der Waals surface area (Å²) >= 11 is 1.64. The predicted molar refractivity (Wildman–Crippen MR) is 79.0 cm³/mol. The molecular weight excluding hydrogens is 270 g/mol. The van der Waals surface area contributed by atoms with Crippen molar-refractivity contribution in [3.8, 4) is 6.07 Å². The summed E-state index contributed by atoms with van der Waals surface area (Å²) in [5.74, 6) is 1.62. The van der Waals surface area contributed by atoms with Crippen molar-refractivity contribution in [2.45, 2.75) is 37.8 Å². The minimum atomic E-state index is 0.400. The molecule has 20 heavy (non-hydrogen) atoms. The van der Waals surface area contributed by atoms with Crippen LogP contribution >= 0.6 is 11.8 Å². The second-order valence-electron chi connectivity index (χ2n) is 4.39. The fourth-order valence-electron chi connectivity index (χ4n) is 1.96. The third-order valence-electron chi connectivity index (χ3n) is 3.12. The first-order valence-corrected chi connectivity index (χ1v) is 7.42. The molecule has 0 amide bonds. The number of aryl methyl sites for hydroxylation is 1. The number of nitrogens with zero attached hydrogens (tertiary/aromatic N) is 4. The molecule has 104 valence electrons. The fraction of sp³-hybridized carbons (Fsp3) is 0.357. The topological polar surface area (TPSA) is 80.5 Å². The number of hydrogen-bond acceptors (Lipinski definition) is 5. The molecule has 6 heteroatoms. The van der Waals surface area contributed by atoms with E-state index in [1.165, 1.54) is 5.56 Å². The van der Waals surface area contributed by atoms with Gasteiger partial charge in [0.2, 0.25) is 0 Å². The van der Waals surface area contributed by atoms with E-state index in [1.54, 1.807) is 11.8 Å². The smallest absolute Gasteiger partial charge is 0.191 e. The molecule has 0 fully saturated rings. The van der Waals surface area contributed by atoms with E-state index in [0.717, 1.165) is 28.8 Å². The van der Waals surface area contributed by atoms with Crippen LogP contribution in [0.1, 0.15) is 29.4 Å². The number of nitriles is 1. The van der Waals surface area contributed by atoms with E-state index in [9.17, 15) is 0 Å². The summed E-state index contributed by atoms with van der Waals surface area (Å²) in [5.41, 5.74) is 8.66. The number of rotatable bonds is 5. The Kier molecular flexibility index (Phi) is 4.77. The van der Waals surface area contributed by atoms with Crippen LogP contribution in [0.15, 0.2) is 23.4 Å². The van der Waals surface area contributed by atoms with E-state index < -0.39 is 0 Å². The van der Waals surface area contributed by atoms with Crippen LogP contribution in [-0.4, -0.2) is 14.8 Å². The first-order valence-electron chi connectivity index (χ1n) is 6.44. The molecule has 1 heterocycles. The SMILES string of the molecule is CCn1c(CN)nnc1SCc1ccc(C#N)cc1C. The Labute approximate surface area is 122 Å². The molecule has 0 aliphatic heterocycles. The lowest BCUT2D eigenvalue weighted by Gasteiger charge is -2.07. The lowest BCUT2D eigenvalue weighted by atomic mass is 10.1. The van der Waals surface area contributed by atoms with Crippen LogP contribution in [0.5, 0.6) is 0 Å². The van der Waals surface area contributed by atoms with Gasteiger partial charge in [-0.1, -0.05) is 17.8 Å². The summed E-state index contributed by atoms with van der Waals surface area (Å²) < 4.78 is 2.03. The third-order valence-corrected chi connectivity index (χ3v) is 4.14. The zero-order chi connectivity index (χ0) is 14.5. The number of aromatic nitrogens is 3. The van der Waals surface area contributed by atoms with Crippen molar-refractivity contribution in [1.29, 1.82) is 5.26 Å². The molecule has 2 aromatic rings. The minimum Gasteiger partial charge on any atom is -0.324 e. The highest BCUT2D eigenvalue weighted by Crippen LogP contribution is 2.24. The van der Waals surface area contributed by atoms with Crippen LogP contribution in [-0.2, 0) is 18.8 Å². The van der Waals surface area contributed by atoms with Crippen LogP contribution in [0, 0.1) is 18.3 Å². The summed E-state index contributed by atoms with van der Waals surface area (Å²) in [5, 5.41) is 18.0. The maximum Gasteiger partial charge on any atom is 0.191 e. The van der Waals surface area contributed by atoms with Crippen LogP contribution in [0.2, 0.25) is 0 Å². The first-order chi connectivity index (χ1) is 9.69. The highest BCUT2D eigenvalue weighted by atomic mass is 32.2. The Hall–Kier alpha value is -1.84. The van der Waals surface area contributed by atoms with Gasteiger partial charge in [-0.2, -0.15) is 5.26 Å². The van der Waals surface area contributed by atoms with E-state index in [1.807, 2.05) is 29.7 Å². The van der Waals surface area contributed by atoms with Crippen LogP contribution in [0.4, 0.5) is 0 Å². The molecule has 0 spiro atoms. The van der Waals surface area contributed by atoms with E-state index in [4.69, 9.17) is 11.0 Å². The number of nitrogens with two attached hydrogens (primary N) is 1. The van der Waals surface area contributed by atoms with Crippen LogP contribution in [0.25, 0.3) is 0 Å². The van der Waals surface area contributed by atoms with Crippen molar-refractivity contribution in [3.05, 3.63) is 40.7 Å². The molecule has 2 N–H and O–H groups in total. The average molecular weight is 287 g/mol. The Morgan fingerprint density at radius 3 is 2.80 bits per heavy atom. The summed E-state index contributed by atoms with van der Waals surface area (Å²) in [4.78, 5) is 0. The largest absolute Gasteiger partial charge is 0.324 e. The van der Waals surface area contributed by atoms with E-state index in [0.29, 0.717) is 12.1 Å². The summed E-state index contributed by atoms with van der Waals surface area (Å²) in [7, 11) is 0. The zero-order valence-corrected chi connectivity index (χ0v) is 12.4. The molecule has 0 aliphatic rings. The van der Waals surface area contributed by atoms with Crippen molar-refractivity contribution >= 4 is 11.8 Å². The van der Waals surface area contributed by atoms with Crippen molar-refractivity contribution in [2.75, 3.05) is 0 Å². The Morgan fingerprint density at radius 2 is 2.20 bits per heavy atom. The fourth-order valence-corrected chi connectivity index (χ4v) is 3.06. The monoisotopic (exact) mass is 287 g/mol. The zero-order valence-electron chi connectivity index (χ0n) is 11.6. The lowest BCUT2D eigenvalue weighted by molar-refractivity contribution is 0.643. The van der Waals surface area contributed by atoms with Crippen molar-refractivity contribution in [1.82, 2.24) is 14.8 Å². The van der Waals surface area contributed by atoms with Crippen LogP contribution < -0.4 is 5.73 Å². The first kappa shape index (κ1) is 14.6. The molecule has 0 radical (unpaired) electrons. The molecule has 1 aromatic carbocycles. The molecule has 0 saturated carbocycles. The van der Waals surface area contributed by atoms with Gasteiger partial charge >= 0.3 is 0 Å². The number of thioether (sulfide) groups is 1. The van der Waals surface area contributed by atoms with Gasteiger partial charge in [-0.25, -0.2) is 0 Å². The third kappa shape index (κ3) is 3.00. The van der Waals surface area contributed by atoms with Crippen molar-refractivity contribution in [2.24, 2.45) is 5.73 Å². The summed E-state index contributed by atoms with van der Waals surface area (Å²) in [6, 6.07) is 7.90. The molecule has 0 bridgehead atoms. The van der Waals surface area contributed by atoms with E-state index >= 15 is 0 Å². The standard InChI is InChI=1S/C14H17N5S/c1-3-19-13(8-16)17-18-14(19)20-9-12-5-4-11(7-15)6-10(12)2/h4-6H,3,8-9,16H2,1-2H3. The van der Waals surface area contributed by atoms with Gasteiger partial charge in [0.15, 0.2) is 5.16 Å². The van der Waals surface area contributed by atoms with Gasteiger partial charge in [-0.05, 0) is 37.1 Å². The van der Waals surface area contributed by atoms with Crippen LogP contribution in [0.3, 0.4) is 0 Å². The number of benzene rings is 1. The molecule has 2 rings (SSSR count). The second kappa shape index (κ2) is 6.55. The molecular formula is C14H17N5S. The number of hydrogen-bond donors (Lipinski definition) is 1. The van der Waals surface area contributed by atoms with Gasteiger partial charge < -0.3 is 10.3 Å². The van der Waals surface area contributed by atoms with E-state index in [2.05, 4.69) is 23.2 Å². The Bertz CT molecular complexity index is 641. The molecule has 0 atom stereocenters. The Morgan fingerprint density at radius 1 is 1.40 bits per heavy atom. The predicted octanol–water partition coefficient (Wildman–Crippen LogP) is 2.23. The van der Waals surface area contributed by atoms with Gasteiger partial charge in [0.25, 0.3) is 0 Å². The van der Waals surface area contributed by atoms with Gasteiger partial charge in [0.1, 0.15) is 5.82 Å². The van der Waals surface area contributed by atoms with Gasteiger partial charge in [-0.15, -0.1) is 10.2 Å². The highest BCUT2D eigenvalue weighted by Gasteiger charge is 2.10. The average Bonchev–Trinajstić information content (AvgIpc) is 2.87. The maximum atomic E-state index is 8.87. The van der Waals surface area contributed by atoms with Crippen molar-refractivity contribution in [3.63, 3.8) is 0 Å². The Balaban J connectivity index is 2.13. The van der Waals surface area contributed by atoms with Crippen molar-refractivity contribution < 1.29 is 0 Å².